The van der Waals surface area contributed by atoms with E-state index < -0.39 is 6.10 Å². The lowest BCUT2D eigenvalue weighted by Gasteiger charge is -2.36. The summed E-state index contributed by atoms with van der Waals surface area (Å²) in [6, 6.07) is 16.3. The summed E-state index contributed by atoms with van der Waals surface area (Å²) in [7, 11) is 0. The quantitative estimate of drug-likeness (QED) is 0.704. The van der Waals surface area contributed by atoms with Crippen LogP contribution in [0.3, 0.4) is 0 Å². The molecule has 1 fully saturated rings. The van der Waals surface area contributed by atoms with Crippen LogP contribution in [0.15, 0.2) is 54.6 Å². The summed E-state index contributed by atoms with van der Waals surface area (Å²) in [5, 5.41) is 0. The molecule has 1 aliphatic rings. The molecule has 0 aromatic heterocycles. The van der Waals surface area contributed by atoms with E-state index in [0.29, 0.717) is 6.42 Å². The Morgan fingerprint density at radius 3 is 2.45 bits per heavy atom. The Kier molecular flexibility index (Phi) is 7.48. The maximum absolute atomic E-state index is 13.0. The summed E-state index contributed by atoms with van der Waals surface area (Å²) in [6.07, 6.45) is 4.61. The second kappa shape index (κ2) is 10.3. The average molecular weight is 393 g/mol. The van der Waals surface area contributed by atoms with Crippen LogP contribution in [-0.4, -0.2) is 54.5 Å². The Balaban J connectivity index is 1.50. The van der Waals surface area contributed by atoms with Gasteiger partial charge in [-0.15, -0.1) is 0 Å². The minimum absolute atomic E-state index is 0.105. The Morgan fingerprint density at radius 2 is 1.76 bits per heavy atom. The number of hydrogen-bond donors (Lipinski definition) is 0. The zero-order valence-corrected chi connectivity index (χ0v) is 17.8. The van der Waals surface area contributed by atoms with Crippen LogP contribution in [0.2, 0.25) is 0 Å². The summed E-state index contributed by atoms with van der Waals surface area (Å²) in [5.74, 6) is 0.919. The molecule has 0 aliphatic carbocycles. The third kappa shape index (κ3) is 5.70. The van der Waals surface area contributed by atoms with E-state index >= 15 is 0 Å². The maximum atomic E-state index is 13.0. The highest BCUT2D eigenvalue weighted by atomic mass is 16.5. The Hall–Kier alpha value is -2.59. The van der Waals surface area contributed by atoms with Crippen molar-refractivity contribution < 1.29 is 9.53 Å². The van der Waals surface area contributed by atoms with Gasteiger partial charge in [0, 0.05) is 32.7 Å². The first-order valence-electron chi connectivity index (χ1n) is 10.5. The normalized spacial score (nSPS) is 16.2. The number of amides is 1. The molecule has 0 spiro atoms. The SMILES string of the molecule is CC[C@@H](Oc1cccc(C)c1C)C(=O)N1CCN(C/C=C/c2ccccc2)CC1. The molecule has 0 N–H and O–H groups in total. The number of hydrogen-bond acceptors (Lipinski definition) is 3. The lowest BCUT2D eigenvalue weighted by atomic mass is 10.1. The van der Waals surface area contributed by atoms with Gasteiger partial charge in [-0.05, 0) is 43.0 Å². The highest BCUT2D eigenvalue weighted by molar-refractivity contribution is 5.81. The fourth-order valence-corrected chi connectivity index (χ4v) is 3.57. The van der Waals surface area contributed by atoms with Crippen molar-refractivity contribution in [3.05, 3.63) is 71.3 Å². The number of carbonyl (C=O) groups is 1. The van der Waals surface area contributed by atoms with Crippen LogP contribution >= 0.6 is 0 Å². The first-order chi connectivity index (χ1) is 14.1. The lowest BCUT2D eigenvalue weighted by Crippen LogP contribution is -2.52. The van der Waals surface area contributed by atoms with Crippen molar-refractivity contribution in [3.8, 4) is 5.75 Å². The summed E-state index contributed by atoms with van der Waals surface area (Å²) in [4.78, 5) is 17.3. The van der Waals surface area contributed by atoms with Crippen molar-refractivity contribution in [2.24, 2.45) is 0 Å². The summed E-state index contributed by atoms with van der Waals surface area (Å²) in [6.45, 7) is 10.3. The summed E-state index contributed by atoms with van der Waals surface area (Å²) >= 11 is 0. The third-order valence-corrected chi connectivity index (χ3v) is 5.63. The van der Waals surface area contributed by atoms with Gasteiger partial charge in [0.15, 0.2) is 6.10 Å². The second-order valence-corrected chi connectivity index (χ2v) is 7.65. The molecule has 3 rings (SSSR count). The van der Waals surface area contributed by atoms with Crippen LogP contribution in [0.4, 0.5) is 0 Å². The number of benzene rings is 2. The van der Waals surface area contributed by atoms with Crippen molar-refractivity contribution in [3.63, 3.8) is 0 Å². The number of piperazine rings is 1. The third-order valence-electron chi connectivity index (χ3n) is 5.63. The smallest absolute Gasteiger partial charge is 0.263 e. The van der Waals surface area contributed by atoms with Crippen molar-refractivity contribution in [2.75, 3.05) is 32.7 Å². The summed E-state index contributed by atoms with van der Waals surface area (Å²) < 4.78 is 6.12. The largest absolute Gasteiger partial charge is 0.480 e. The fraction of sp³-hybridized carbons (Fsp3) is 0.400. The van der Waals surface area contributed by atoms with E-state index in [1.807, 2.05) is 36.9 Å². The van der Waals surface area contributed by atoms with E-state index in [1.54, 1.807) is 0 Å². The second-order valence-electron chi connectivity index (χ2n) is 7.65. The van der Waals surface area contributed by atoms with Crippen LogP contribution in [0.25, 0.3) is 6.08 Å². The Bertz CT molecular complexity index is 824. The van der Waals surface area contributed by atoms with Crippen molar-refractivity contribution in [2.45, 2.75) is 33.3 Å². The van der Waals surface area contributed by atoms with Crippen molar-refractivity contribution in [1.82, 2.24) is 9.80 Å². The van der Waals surface area contributed by atoms with Crippen LogP contribution in [0.1, 0.15) is 30.0 Å². The van der Waals surface area contributed by atoms with Gasteiger partial charge in [0.1, 0.15) is 5.75 Å². The van der Waals surface area contributed by atoms with Crippen LogP contribution < -0.4 is 4.74 Å². The van der Waals surface area contributed by atoms with Gasteiger partial charge in [-0.2, -0.15) is 0 Å². The fourth-order valence-electron chi connectivity index (χ4n) is 3.57. The molecule has 1 saturated heterocycles. The van der Waals surface area contributed by atoms with Crippen LogP contribution in [0.5, 0.6) is 5.75 Å². The molecule has 4 heteroatoms. The number of nitrogens with zero attached hydrogens (tertiary/aromatic N) is 2. The van der Waals surface area contributed by atoms with Gasteiger partial charge in [-0.1, -0.05) is 61.5 Å². The first-order valence-corrected chi connectivity index (χ1v) is 10.5. The zero-order chi connectivity index (χ0) is 20.6. The molecular weight excluding hydrogens is 360 g/mol. The number of ether oxygens (including phenoxy) is 1. The molecule has 0 bridgehead atoms. The molecular formula is C25H32N2O2. The topological polar surface area (TPSA) is 32.8 Å². The van der Waals surface area contributed by atoms with Gasteiger partial charge < -0.3 is 9.64 Å². The molecule has 0 unspecified atom stereocenters. The molecule has 0 saturated carbocycles. The minimum Gasteiger partial charge on any atom is -0.480 e. The first kappa shape index (κ1) is 21.1. The van der Waals surface area contributed by atoms with Crippen molar-refractivity contribution in [1.29, 1.82) is 0 Å². The van der Waals surface area contributed by atoms with E-state index in [9.17, 15) is 4.79 Å². The number of rotatable bonds is 7. The molecule has 29 heavy (non-hydrogen) atoms. The van der Waals surface area contributed by atoms with E-state index in [1.165, 1.54) is 11.1 Å². The molecule has 1 amide bonds. The average Bonchev–Trinajstić information content (AvgIpc) is 2.75. The van der Waals surface area contributed by atoms with Gasteiger partial charge >= 0.3 is 0 Å². The summed E-state index contributed by atoms with van der Waals surface area (Å²) in [5.41, 5.74) is 3.51. The molecule has 2 aromatic rings. The van der Waals surface area contributed by atoms with E-state index in [-0.39, 0.29) is 5.91 Å². The molecule has 2 aromatic carbocycles. The predicted molar refractivity (Wildman–Crippen MR) is 119 cm³/mol. The highest BCUT2D eigenvalue weighted by Crippen LogP contribution is 2.23. The molecule has 154 valence electrons. The van der Waals surface area contributed by atoms with Gasteiger partial charge in [0.25, 0.3) is 5.91 Å². The lowest BCUT2D eigenvalue weighted by molar-refractivity contribution is -0.140. The number of carbonyl (C=O) groups excluding carboxylic acids is 1. The highest BCUT2D eigenvalue weighted by Gasteiger charge is 2.28. The molecule has 1 heterocycles. The maximum Gasteiger partial charge on any atom is 0.263 e. The number of aryl methyl sites for hydroxylation is 1. The Morgan fingerprint density at radius 1 is 1.03 bits per heavy atom. The predicted octanol–water partition coefficient (Wildman–Crippen LogP) is 4.32. The molecule has 0 radical (unpaired) electrons. The van der Waals surface area contributed by atoms with E-state index in [2.05, 4.69) is 54.3 Å². The minimum atomic E-state index is -0.417. The molecule has 1 atom stereocenters. The Labute approximate surface area is 174 Å². The van der Waals surface area contributed by atoms with Crippen LogP contribution in [-0.2, 0) is 4.79 Å². The van der Waals surface area contributed by atoms with E-state index in [0.717, 1.165) is 44.0 Å². The van der Waals surface area contributed by atoms with E-state index in [4.69, 9.17) is 4.74 Å². The van der Waals surface area contributed by atoms with Gasteiger partial charge in [-0.25, -0.2) is 0 Å². The molecule has 1 aliphatic heterocycles. The molecule has 4 nitrogen and oxygen atoms in total. The van der Waals surface area contributed by atoms with Crippen LogP contribution in [0, 0.1) is 13.8 Å². The van der Waals surface area contributed by atoms with Crippen molar-refractivity contribution >= 4 is 12.0 Å². The zero-order valence-electron chi connectivity index (χ0n) is 17.8. The van der Waals surface area contributed by atoms with Gasteiger partial charge in [-0.3, -0.25) is 9.69 Å². The standard InChI is InChI=1S/C25H32N2O2/c1-4-23(29-24-14-8-10-20(2)21(24)3)25(28)27-18-16-26(17-19-27)15-9-13-22-11-6-5-7-12-22/h5-14,23H,4,15-19H2,1-3H3/b13-9+/t23-/m1/s1. The van der Waals surface area contributed by atoms with Gasteiger partial charge in [0.2, 0.25) is 0 Å². The van der Waals surface area contributed by atoms with Gasteiger partial charge in [0.05, 0.1) is 0 Å². The monoisotopic (exact) mass is 392 g/mol.